The van der Waals surface area contributed by atoms with Crippen LogP contribution < -0.4 is 9.62 Å². The van der Waals surface area contributed by atoms with Crippen LogP contribution in [-0.4, -0.2) is 54.4 Å². The zero-order valence-electron chi connectivity index (χ0n) is 20.8. The Balaban J connectivity index is 2.46. The van der Waals surface area contributed by atoms with Crippen molar-refractivity contribution < 1.29 is 22.9 Å². The largest absolute Gasteiger partial charge is 0.350 e. The lowest BCUT2D eigenvalue weighted by Crippen LogP contribution is -2.54. The van der Waals surface area contributed by atoms with E-state index in [1.807, 2.05) is 52.0 Å². The molecule has 0 aliphatic carbocycles. The molecular formula is C24H32N4O6S. The summed E-state index contributed by atoms with van der Waals surface area (Å²) in [6, 6.07) is 11.5. The van der Waals surface area contributed by atoms with Gasteiger partial charge in [0.25, 0.3) is 5.69 Å². The number of benzene rings is 2. The highest BCUT2D eigenvalue weighted by Gasteiger charge is 2.32. The van der Waals surface area contributed by atoms with E-state index < -0.39 is 39.0 Å². The van der Waals surface area contributed by atoms with Crippen molar-refractivity contribution in [1.82, 2.24) is 10.2 Å². The summed E-state index contributed by atoms with van der Waals surface area (Å²) in [6.07, 6.45) is 0.917. The molecule has 0 unspecified atom stereocenters. The molecule has 11 heteroatoms. The van der Waals surface area contributed by atoms with Crippen LogP contribution in [-0.2, 0) is 26.2 Å². The maximum atomic E-state index is 13.5. The fourth-order valence-corrected chi connectivity index (χ4v) is 4.24. The molecule has 35 heavy (non-hydrogen) atoms. The zero-order chi connectivity index (χ0) is 26.6. The lowest BCUT2D eigenvalue weighted by molar-refractivity contribution is -0.384. The molecule has 0 heterocycles. The Kier molecular flexibility index (Phi) is 8.61. The summed E-state index contributed by atoms with van der Waals surface area (Å²) in [5, 5.41) is 14.0. The summed E-state index contributed by atoms with van der Waals surface area (Å²) in [7, 11) is -3.98. The summed E-state index contributed by atoms with van der Waals surface area (Å²) >= 11 is 0. The first kappa shape index (κ1) is 27.8. The maximum Gasteiger partial charge on any atom is 0.271 e. The number of carbonyl (C=O) groups is 2. The molecule has 2 rings (SSSR count). The summed E-state index contributed by atoms with van der Waals surface area (Å²) < 4.78 is 26.0. The second-order valence-electron chi connectivity index (χ2n) is 9.41. The Morgan fingerprint density at radius 2 is 1.74 bits per heavy atom. The normalized spacial score (nSPS) is 12.5. The summed E-state index contributed by atoms with van der Waals surface area (Å²) in [5.41, 5.74) is 0.852. The van der Waals surface area contributed by atoms with Gasteiger partial charge in [0.05, 0.1) is 16.9 Å². The SMILES string of the molecule is Cc1ccccc1CN(C(=O)CN(c1cccc([N+](=O)[O-])c1)S(C)(=O)=O)[C@H](C)C(=O)NC(C)(C)C. The third-order valence-corrected chi connectivity index (χ3v) is 6.42. The van der Waals surface area contributed by atoms with Crippen molar-refractivity contribution in [2.45, 2.75) is 52.7 Å². The molecule has 0 aliphatic rings. The number of carbonyl (C=O) groups excluding carboxylic acids is 2. The number of amides is 2. The summed E-state index contributed by atoms with van der Waals surface area (Å²) in [4.78, 5) is 38.3. The highest BCUT2D eigenvalue weighted by Crippen LogP contribution is 2.24. The molecular weight excluding hydrogens is 472 g/mol. The quantitative estimate of drug-likeness (QED) is 0.413. The van der Waals surface area contributed by atoms with Gasteiger partial charge in [-0.1, -0.05) is 30.3 Å². The number of hydrogen-bond donors (Lipinski definition) is 1. The van der Waals surface area contributed by atoms with E-state index in [2.05, 4.69) is 5.32 Å². The molecule has 0 radical (unpaired) electrons. The molecule has 1 atom stereocenters. The summed E-state index contributed by atoms with van der Waals surface area (Å²) in [6.45, 7) is 8.37. The first-order valence-electron chi connectivity index (χ1n) is 11.0. The molecule has 0 saturated heterocycles. The second-order valence-corrected chi connectivity index (χ2v) is 11.3. The number of nitro benzene ring substituents is 1. The molecule has 0 aliphatic heterocycles. The minimum Gasteiger partial charge on any atom is -0.350 e. The minimum absolute atomic E-state index is 0.0160. The third-order valence-electron chi connectivity index (χ3n) is 5.28. The lowest BCUT2D eigenvalue weighted by Gasteiger charge is -2.33. The number of nitrogens with one attached hydrogen (secondary N) is 1. The van der Waals surface area contributed by atoms with Crippen LogP contribution in [0.3, 0.4) is 0 Å². The van der Waals surface area contributed by atoms with Gasteiger partial charge in [-0.25, -0.2) is 8.42 Å². The zero-order valence-corrected chi connectivity index (χ0v) is 21.6. The van der Waals surface area contributed by atoms with E-state index in [0.717, 1.165) is 27.8 Å². The molecule has 1 N–H and O–H groups in total. The molecule has 0 spiro atoms. The van der Waals surface area contributed by atoms with E-state index in [1.165, 1.54) is 23.1 Å². The van der Waals surface area contributed by atoms with Crippen molar-refractivity contribution in [3.05, 3.63) is 69.8 Å². The molecule has 2 aromatic rings. The molecule has 0 fully saturated rings. The minimum atomic E-state index is -3.98. The fourth-order valence-electron chi connectivity index (χ4n) is 3.40. The van der Waals surface area contributed by atoms with Crippen LogP contribution in [0, 0.1) is 17.0 Å². The molecule has 0 aromatic heterocycles. The number of sulfonamides is 1. The van der Waals surface area contributed by atoms with Gasteiger partial charge < -0.3 is 10.2 Å². The van der Waals surface area contributed by atoms with Crippen LogP contribution >= 0.6 is 0 Å². The Hall–Kier alpha value is -3.47. The Morgan fingerprint density at radius 1 is 1.11 bits per heavy atom. The van der Waals surface area contributed by atoms with E-state index in [4.69, 9.17) is 0 Å². The number of non-ortho nitro benzene ring substituents is 1. The molecule has 10 nitrogen and oxygen atoms in total. The van der Waals surface area contributed by atoms with Crippen molar-refractivity contribution in [1.29, 1.82) is 0 Å². The maximum absolute atomic E-state index is 13.5. The number of anilines is 1. The van der Waals surface area contributed by atoms with E-state index in [1.54, 1.807) is 6.92 Å². The van der Waals surface area contributed by atoms with Gasteiger partial charge in [0.15, 0.2) is 0 Å². The first-order valence-corrected chi connectivity index (χ1v) is 12.8. The van der Waals surface area contributed by atoms with Gasteiger partial charge >= 0.3 is 0 Å². The second kappa shape index (κ2) is 10.9. The van der Waals surface area contributed by atoms with Crippen molar-refractivity contribution in [3.8, 4) is 0 Å². The molecule has 0 bridgehead atoms. The predicted molar refractivity (Wildman–Crippen MR) is 134 cm³/mol. The van der Waals surface area contributed by atoms with E-state index in [0.29, 0.717) is 0 Å². The van der Waals surface area contributed by atoms with Crippen LogP contribution in [0.4, 0.5) is 11.4 Å². The van der Waals surface area contributed by atoms with Crippen LogP contribution in [0.5, 0.6) is 0 Å². The topological polar surface area (TPSA) is 130 Å². The highest BCUT2D eigenvalue weighted by atomic mass is 32.2. The van der Waals surface area contributed by atoms with E-state index in [9.17, 15) is 28.1 Å². The predicted octanol–water partition coefficient (Wildman–Crippen LogP) is 3.00. The number of aryl methyl sites for hydroxylation is 1. The van der Waals surface area contributed by atoms with Crippen molar-refractivity contribution in [2.24, 2.45) is 0 Å². The van der Waals surface area contributed by atoms with Crippen molar-refractivity contribution in [3.63, 3.8) is 0 Å². The van der Waals surface area contributed by atoms with Gasteiger partial charge in [-0.2, -0.15) is 0 Å². The van der Waals surface area contributed by atoms with Crippen LogP contribution in [0.2, 0.25) is 0 Å². The van der Waals surface area contributed by atoms with Gasteiger partial charge in [-0.3, -0.25) is 24.0 Å². The number of nitro groups is 1. The Labute approximate surface area is 206 Å². The van der Waals surface area contributed by atoms with Crippen LogP contribution in [0.25, 0.3) is 0 Å². The smallest absolute Gasteiger partial charge is 0.271 e. The van der Waals surface area contributed by atoms with Gasteiger partial charge in [0, 0.05) is 24.2 Å². The van der Waals surface area contributed by atoms with Crippen LogP contribution in [0.15, 0.2) is 48.5 Å². The average Bonchev–Trinajstić information content (AvgIpc) is 2.74. The van der Waals surface area contributed by atoms with Gasteiger partial charge in [-0.15, -0.1) is 0 Å². The Bertz CT molecular complexity index is 1210. The fraction of sp³-hybridized carbons (Fsp3) is 0.417. The molecule has 2 amide bonds. The first-order chi connectivity index (χ1) is 16.1. The highest BCUT2D eigenvalue weighted by molar-refractivity contribution is 7.92. The molecule has 190 valence electrons. The van der Waals surface area contributed by atoms with Crippen molar-refractivity contribution in [2.75, 3.05) is 17.1 Å². The summed E-state index contributed by atoms with van der Waals surface area (Å²) in [5.74, 6) is -1.01. The number of nitrogens with zero attached hydrogens (tertiary/aromatic N) is 3. The lowest BCUT2D eigenvalue weighted by atomic mass is 10.1. The van der Waals surface area contributed by atoms with Gasteiger partial charge in [0.1, 0.15) is 12.6 Å². The van der Waals surface area contributed by atoms with Crippen molar-refractivity contribution >= 4 is 33.2 Å². The average molecular weight is 505 g/mol. The Morgan fingerprint density at radius 3 is 2.29 bits per heavy atom. The van der Waals surface area contributed by atoms with Crippen LogP contribution in [0.1, 0.15) is 38.8 Å². The molecule has 0 saturated carbocycles. The van der Waals surface area contributed by atoms with E-state index >= 15 is 0 Å². The molecule has 2 aromatic carbocycles. The number of rotatable bonds is 9. The monoisotopic (exact) mass is 504 g/mol. The van der Waals surface area contributed by atoms with Gasteiger partial charge in [0.2, 0.25) is 21.8 Å². The van der Waals surface area contributed by atoms with E-state index in [-0.39, 0.29) is 23.8 Å². The number of hydrogen-bond acceptors (Lipinski definition) is 6. The third kappa shape index (κ3) is 7.78. The standard InChI is InChI=1S/C24H32N4O6S/c1-17-10-7-8-11-19(17)15-26(18(2)23(30)25-24(3,4)5)22(29)16-27(35(6,33)34)20-12-9-13-21(14-20)28(31)32/h7-14,18H,15-16H2,1-6H3,(H,25,30)/t18-/m1/s1. The van der Waals surface area contributed by atoms with Gasteiger partial charge in [-0.05, 0) is 51.8 Å².